The van der Waals surface area contributed by atoms with Gasteiger partial charge in [-0.25, -0.2) is 4.79 Å². The van der Waals surface area contributed by atoms with Crippen LogP contribution in [0, 0.1) is 0 Å². The molecule has 6 nitrogen and oxygen atoms in total. The van der Waals surface area contributed by atoms with Crippen LogP contribution in [0.5, 0.6) is 11.5 Å². The molecule has 1 N–H and O–H groups in total. The highest BCUT2D eigenvalue weighted by Gasteiger charge is 2.15. The van der Waals surface area contributed by atoms with Crippen LogP contribution < -0.4 is 14.8 Å². The molecule has 2 aromatic rings. The first-order valence-corrected chi connectivity index (χ1v) is 8.71. The third kappa shape index (κ3) is 4.80. The molecule has 0 atom stereocenters. The van der Waals surface area contributed by atoms with E-state index >= 15 is 0 Å². The maximum absolute atomic E-state index is 12.1. The molecule has 0 fully saturated rings. The zero-order valence-corrected chi connectivity index (χ0v) is 15.4. The predicted octanol–water partition coefficient (Wildman–Crippen LogP) is 3.94. The van der Waals surface area contributed by atoms with Gasteiger partial charge < -0.3 is 19.5 Å². The third-order valence-corrected chi connectivity index (χ3v) is 4.11. The number of ether oxygens (including phenoxy) is 3. The van der Waals surface area contributed by atoms with Gasteiger partial charge in [-0.05, 0) is 48.0 Å². The van der Waals surface area contributed by atoms with Crippen molar-refractivity contribution in [2.24, 2.45) is 0 Å². The van der Waals surface area contributed by atoms with Crippen LogP contribution in [0.2, 0.25) is 5.02 Å². The van der Waals surface area contributed by atoms with Crippen LogP contribution in [0.3, 0.4) is 0 Å². The Kier molecular flexibility index (Phi) is 5.98. The van der Waals surface area contributed by atoms with Crippen molar-refractivity contribution in [3.8, 4) is 11.5 Å². The summed E-state index contributed by atoms with van der Waals surface area (Å²) in [6.45, 7) is 1.11. The van der Waals surface area contributed by atoms with E-state index in [-0.39, 0.29) is 5.91 Å². The maximum Gasteiger partial charge on any atom is 0.337 e. The number of benzene rings is 2. The summed E-state index contributed by atoms with van der Waals surface area (Å²) in [5, 5.41) is 3.15. The van der Waals surface area contributed by atoms with Crippen LogP contribution in [0.25, 0.3) is 6.08 Å². The molecule has 0 saturated heterocycles. The SMILES string of the molecule is COC(=O)c1ccc(NC(=O)/C=C/c2cc(Cl)c3c(c2)OCCCO3)cc1. The molecule has 0 aliphatic carbocycles. The number of nitrogens with one attached hydrogen (secondary N) is 1. The molecule has 140 valence electrons. The van der Waals surface area contributed by atoms with Gasteiger partial charge in [0, 0.05) is 18.2 Å². The number of rotatable bonds is 4. The van der Waals surface area contributed by atoms with E-state index in [4.69, 9.17) is 21.1 Å². The summed E-state index contributed by atoms with van der Waals surface area (Å²) in [5.41, 5.74) is 1.70. The van der Waals surface area contributed by atoms with Crippen LogP contribution in [-0.4, -0.2) is 32.2 Å². The topological polar surface area (TPSA) is 73.9 Å². The van der Waals surface area contributed by atoms with E-state index in [9.17, 15) is 9.59 Å². The summed E-state index contributed by atoms with van der Waals surface area (Å²) in [5.74, 6) is 0.350. The quantitative estimate of drug-likeness (QED) is 0.635. The number of carbonyl (C=O) groups excluding carboxylic acids is 2. The van der Waals surface area contributed by atoms with Crippen molar-refractivity contribution in [2.45, 2.75) is 6.42 Å². The van der Waals surface area contributed by atoms with Crippen molar-refractivity contribution in [1.82, 2.24) is 0 Å². The average Bonchev–Trinajstić information content (AvgIpc) is 2.92. The lowest BCUT2D eigenvalue weighted by Gasteiger charge is -2.10. The predicted molar refractivity (Wildman–Crippen MR) is 103 cm³/mol. The van der Waals surface area contributed by atoms with E-state index in [0.29, 0.717) is 41.0 Å². The standard InChI is InChI=1S/C20H18ClNO5/c1-25-20(24)14-4-6-15(7-5-14)22-18(23)8-3-13-11-16(21)19-17(12-13)26-9-2-10-27-19/h3-8,11-12H,2,9-10H2,1H3,(H,22,23)/b8-3+. The number of methoxy groups -OCH3 is 1. The molecule has 1 heterocycles. The number of amides is 1. The molecule has 1 amide bonds. The summed E-state index contributed by atoms with van der Waals surface area (Å²) in [4.78, 5) is 23.5. The Labute approximate surface area is 161 Å². The summed E-state index contributed by atoms with van der Waals surface area (Å²) in [6, 6.07) is 9.90. The Morgan fingerprint density at radius 2 is 1.89 bits per heavy atom. The largest absolute Gasteiger partial charge is 0.489 e. The lowest BCUT2D eigenvalue weighted by atomic mass is 10.1. The normalized spacial score (nSPS) is 13.1. The Morgan fingerprint density at radius 3 is 2.63 bits per heavy atom. The van der Waals surface area contributed by atoms with Gasteiger partial charge >= 0.3 is 5.97 Å². The Balaban J connectivity index is 1.67. The number of esters is 1. The first-order chi connectivity index (χ1) is 13.1. The number of carbonyl (C=O) groups is 2. The maximum atomic E-state index is 12.1. The number of hydrogen-bond donors (Lipinski definition) is 1. The minimum Gasteiger partial charge on any atom is -0.489 e. The minimum absolute atomic E-state index is 0.316. The molecular weight excluding hydrogens is 370 g/mol. The molecular formula is C20H18ClNO5. The van der Waals surface area contributed by atoms with Crippen molar-refractivity contribution in [1.29, 1.82) is 0 Å². The van der Waals surface area contributed by atoms with Crippen LogP contribution in [0.4, 0.5) is 5.69 Å². The van der Waals surface area contributed by atoms with Crippen LogP contribution >= 0.6 is 11.6 Å². The molecule has 1 aliphatic heterocycles. The number of fused-ring (bicyclic) bond motifs is 1. The lowest BCUT2D eigenvalue weighted by Crippen LogP contribution is -2.08. The highest BCUT2D eigenvalue weighted by molar-refractivity contribution is 6.32. The van der Waals surface area contributed by atoms with E-state index in [0.717, 1.165) is 12.0 Å². The zero-order chi connectivity index (χ0) is 19.2. The first kappa shape index (κ1) is 18.8. The molecule has 0 bridgehead atoms. The molecule has 7 heteroatoms. The number of hydrogen-bond acceptors (Lipinski definition) is 5. The van der Waals surface area contributed by atoms with Crippen molar-refractivity contribution in [2.75, 3.05) is 25.6 Å². The summed E-state index contributed by atoms with van der Waals surface area (Å²) in [7, 11) is 1.31. The van der Waals surface area contributed by atoms with E-state index in [1.165, 1.54) is 13.2 Å². The second kappa shape index (κ2) is 8.60. The third-order valence-electron chi connectivity index (χ3n) is 3.83. The highest BCUT2D eigenvalue weighted by Crippen LogP contribution is 2.38. The summed E-state index contributed by atoms with van der Waals surface area (Å²) < 4.78 is 15.8. The van der Waals surface area contributed by atoms with Gasteiger partial charge in [-0.3, -0.25) is 4.79 Å². The van der Waals surface area contributed by atoms with Gasteiger partial charge in [-0.15, -0.1) is 0 Å². The van der Waals surface area contributed by atoms with E-state index in [2.05, 4.69) is 10.1 Å². The van der Waals surface area contributed by atoms with E-state index in [1.807, 2.05) is 0 Å². The molecule has 1 aliphatic rings. The molecule has 0 saturated carbocycles. The van der Waals surface area contributed by atoms with Crippen molar-refractivity contribution in [3.63, 3.8) is 0 Å². The molecule has 0 radical (unpaired) electrons. The van der Waals surface area contributed by atoms with Crippen LogP contribution in [-0.2, 0) is 9.53 Å². The van der Waals surface area contributed by atoms with Crippen molar-refractivity contribution in [3.05, 3.63) is 58.6 Å². The van der Waals surface area contributed by atoms with Gasteiger partial charge in [0.2, 0.25) is 5.91 Å². The fourth-order valence-corrected chi connectivity index (χ4v) is 2.78. The Bertz CT molecular complexity index is 877. The summed E-state index contributed by atoms with van der Waals surface area (Å²) in [6.07, 6.45) is 3.82. The van der Waals surface area contributed by atoms with Crippen molar-refractivity contribution >= 4 is 35.2 Å². The van der Waals surface area contributed by atoms with Crippen LogP contribution in [0.15, 0.2) is 42.5 Å². The smallest absolute Gasteiger partial charge is 0.337 e. The van der Waals surface area contributed by atoms with Gasteiger partial charge in [0.15, 0.2) is 11.5 Å². The first-order valence-electron chi connectivity index (χ1n) is 8.33. The van der Waals surface area contributed by atoms with E-state index in [1.54, 1.807) is 42.5 Å². The fraction of sp³-hybridized carbons (Fsp3) is 0.200. The monoisotopic (exact) mass is 387 g/mol. The molecule has 0 spiro atoms. The van der Waals surface area contributed by atoms with E-state index < -0.39 is 5.97 Å². The van der Waals surface area contributed by atoms with Gasteiger partial charge in [0.05, 0.1) is 30.9 Å². The number of anilines is 1. The molecule has 27 heavy (non-hydrogen) atoms. The molecule has 3 rings (SSSR count). The molecule has 0 aromatic heterocycles. The van der Waals surface area contributed by atoms with Gasteiger partial charge in [0.1, 0.15) is 0 Å². The Hall–Kier alpha value is -2.99. The second-order valence-electron chi connectivity index (χ2n) is 5.77. The van der Waals surface area contributed by atoms with Gasteiger partial charge in [-0.1, -0.05) is 11.6 Å². The fourth-order valence-electron chi connectivity index (χ4n) is 2.51. The summed E-state index contributed by atoms with van der Waals surface area (Å²) >= 11 is 6.24. The lowest BCUT2D eigenvalue weighted by molar-refractivity contribution is -0.111. The molecule has 2 aromatic carbocycles. The second-order valence-corrected chi connectivity index (χ2v) is 6.18. The number of halogens is 1. The zero-order valence-electron chi connectivity index (χ0n) is 14.7. The molecule has 0 unspecified atom stereocenters. The Morgan fingerprint density at radius 1 is 1.15 bits per heavy atom. The van der Waals surface area contributed by atoms with Gasteiger partial charge in [0.25, 0.3) is 0 Å². The van der Waals surface area contributed by atoms with Crippen LogP contribution in [0.1, 0.15) is 22.3 Å². The highest BCUT2D eigenvalue weighted by atomic mass is 35.5. The average molecular weight is 388 g/mol. The van der Waals surface area contributed by atoms with Gasteiger partial charge in [-0.2, -0.15) is 0 Å². The minimum atomic E-state index is -0.431. The van der Waals surface area contributed by atoms with Crippen molar-refractivity contribution < 1.29 is 23.8 Å².